The van der Waals surface area contributed by atoms with Crippen LogP contribution in [0.2, 0.25) is 0 Å². The molecule has 4 bridgehead atoms. The SMILES string of the molecule is COc1c(C)cc2c(c1O)[C@H]1N[C@@H](C2)[C@H](C#N)N2C1[C@@H]1SC[C@H](NC=O)C(=O)OC[C@H]2c2c3c(c(C)c(OC(C)=O)c21)OCO3. The molecule has 3 N–H and O–H groups in total. The van der Waals surface area contributed by atoms with Crippen LogP contribution in [0.4, 0.5) is 0 Å². The third-order valence-electron chi connectivity index (χ3n) is 9.42. The first-order valence-corrected chi connectivity index (χ1v) is 15.7. The van der Waals surface area contributed by atoms with Gasteiger partial charge in [-0.15, -0.1) is 11.8 Å². The number of carbonyl (C=O) groups excluding carboxylic acids is 3. The molecule has 14 heteroatoms. The van der Waals surface area contributed by atoms with Crippen LogP contribution in [0.5, 0.6) is 28.7 Å². The molecule has 1 amide bonds. The third-order valence-corrected chi connectivity index (χ3v) is 10.8. The van der Waals surface area contributed by atoms with Crippen LogP contribution in [0.15, 0.2) is 6.07 Å². The van der Waals surface area contributed by atoms with E-state index in [1.165, 1.54) is 25.8 Å². The molecule has 0 saturated carbocycles. The number of rotatable bonds is 4. The molecule has 2 saturated heterocycles. The number of cyclic esters (lactones) is 1. The second-order valence-corrected chi connectivity index (χ2v) is 13.0. The lowest BCUT2D eigenvalue weighted by atomic mass is 9.72. The molecule has 5 aliphatic heterocycles. The van der Waals surface area contributed by atoms with E-state index in [9.17, 15) is 24.8 Å². The highest BCUT2D eigenvalue weighted by molar-refractivity contribution is 7.99. The average molecular weight is 637 g/mol. The molecule has 13 nitrogen and oxygen atoms in total. The number of methoxy groups -OCH3 is 1. The fraction of sp³-hybridized carbons (Fsp3) is 0.484. The zero-order chi connectivity index (χ0) is 31.7. The van der Waals surface area contributed by atoms with Gasteiger partial charge in [-0.25, -0.2) is 4.79 Å². The molecule has 2 fully saturated rings. The number of ether oxygens (including phenoxy) is 5. The van der Waals surface area contributed by atoms with Crippen LogP contribution in [-0.4, -0.2) is 78.8 Å². The van der Waals surface area contributed by atoms with Crippen molar-refractivity contribution < 1.29 is 43.2 Å². The minimum absolute atomic E-state index is 0.0194. The van der Waals surface area contributed by atoms with E-state index in [4.69, 9.17) is 23.7 Å². The maximum Gasteiger partial charge on any atom is 0.329 e. The lowest BCUT2D eigenvalue weighted by molar-refractivity contribution is -0.150. The van der Waals surface area contributed by atoms with Crippen molar-refractivity contribution in [1.29, 1.82) is 5.26 Å². The zero-order valence-electron chi connectivity index (χ0n) is 25.0. The molecule has 7 rings (SSSR count). The molecular weight excluding hydrogens is 604 g/mol. The topological polar surface area (TPSA) is 169 Å². The number of amides is 1. The summed E-state index contributed by atoms with van der Waals surface area (Å²) in [5.41, 5.74) is 4.21. The minimum Gasteiger partial charge on any atom is -0.504 e. The van der Waals surface area contributed by atoms with Gasteiger partial charge in [-0.3, -0.25) is 14.5 Å². The van der Waals surface area contributed by atoms with Crippen LogP contribution >= 0.6 is 11.8 Å². The van der Waals surface area contributed by atoms with Crippen LogP contribution in [0.25, 0.3) is 0 Å². The Hall–Kier alpha value is -4.19. The Morgan fingerprint density at radius 2 is 2.00 bits per heavy atom. The number of hydrogen-bond donors (Lipinski definition) is 3. The van der Waals surface area contributed by atoms with Gasteiger partial charge >= 0.3 is 11.9 Å². The Kier molecular flexibility index (Phi) is 7.22. The van der Waals surface area contributed by atoms with Crippen LogP contribution in [0.3, 0.4) is 0 Å². The molecular formula is C31H32N4O9S. The van der Waals surface area contributed by atoms with Crippen molar-refractivity contribution in [2.24, 2.45) is 0 Å². The highest BCUT2D eigenvalue weighted by atomic mass is 32.2. The second kappa shape index (κ2) is 11.0. The molecule has 0 aromatic heterocycles. The van der Waals surface area contributed by atoms with Gasteiger partial charge in [0.05, 0.1) is 30.5 Å². The fourth-order valence-corrected chi connectivity index (χ4v) is 9.30. The highest BCUT2D eigenvalue weighted by Crippen LogP contribution is 2.62. The average Bonchev–Trinajstić information content (AvgIpc) is 3.50. The van der Waals surface area contributed by atoms with Crippen LogP contribution in [-0.2, 0) is 25.5 Å². The van der Waals surface area contributed by atoms with Gasteiger partial charge in [0.15, 0.2) is 23.0 Å². The van der Waals surface area contributed by atoms with Gasteiger partial charge < -0.3 is 39.4 Å². The molecule has 5 heterocycles. The van der Waals surface area contributed by atoms with Gasteiger partial charge in [-0.1, -0.05) is 6.07 Å². The van der Waals surface area contributed by atoms with Gasteiger partial charge in [0.25, 0.3) is 0 Å². The summed E-state index contributed by atoms with van der Waals surface area (Å²) in [7, 11) is 1.51. The molecule has 5 aliphatic rings. The molecule has 0 aliphatic carbocycles. The van der Waals surface area contributed by atoms with E-state index in [0.717, 1.165) is 11.1 Å². The van der Waals surface area contributed by atoms with Crippen molar-refractivity contribution in [2.45, 2.75) is 68.7 Å². The largest absolute Gasteiger partial charge is 0.504 e. The first-order valence-electron chi connectivity index (χ1n) is 14.6. The first kappa shape index (κ1) is 29.5. The van der Waals surface area contributed by atoms with Crippen molar-refractivity contribution in [3.63, 3.8) is 0 Å². The van der Waals surface area contributed by atoms with Gasteiger partial charge in [0, 0.05) is 47.0 Å². The Labute approximate surface area is 263 Å². The summed E-state index contributed by atoms with van der Waals surface area (Å²) in [6.45, 7) is 4.75. The summed E-state index contributed by atoms with van der Waals surface area (Å²) >= 11 is 1.37. The van der Waals surface area contributed by atoms with Crippen molar-refractivity contribution >= 4 is 30.1 Å². The number of aromatic hydroxyl groups is 1. The van der Waals surface area contributed by atoms with E-state index >= 15 is 0 Å². The number of hydrogen-bond acceptors (Lipinski definition) is 13. The van der Waals surface area contributed by atoms with Gasteiger partial charge in [-0.2, -0.15) is 5.26 Å². The number of nitrogens with zero attached hydrogens (tertiary/aromatic N) is 2. The number of esters is 2. The second-order valence-electron chi connectivity index (χ2n) is 11.8. The summed E-state index contributed by atoms with van der Waals surface area (Å²) in [5.74, 6) is 0.560. The van der Waals surface area contributed by atoms with E-state index in [2.05, 4.69) is 21.6 Å². The van der Waals surface area contributed by atoms with Crippen molar-refractivity contribution in [1.82, 2.24) is 15.5 Å². The normalized spacial score (nSPS) is 29.3. The monoisotopic (exact) mass is 636 g/mol. The minimum atomic E-state index is -0.943. The summed E-state index contributed by atoms with van der Waals surface area (Å²) in [4.78, 5) is 39.3. The van der Waals surface area contributed by atoms with E-state index in [1.807, 2.05) is 13.0 Å². The number of nitriles is 1. The summed E-state index contributed by atoms with van der Waals surface area (Å²) in [6, 6.07) is 0.824. The maximum atomic E-state index is 13.2. The number of thioether (sulfide) groups is 1. The molecule has 2 aromatic carbocycles. The van der Waals surface area contributed by atoms with Gasteiger partial charge in [-0.05, 0) is 31.4 Å². The number of phenolic OH excluding ortho intramolecular Hbond substituents is 1. The van der Waals surface area contributed by atoms with E-state index in [-0.39, 0.29) is 30.9 Å². The van der Waals surface area contributed by atoms with E-state index in [1.54, 1.807) is 6.92 Å². The Morgan fingerprint density at radius 3 is 2.71 bits per heavy atom. The summed E-state index contributed by atoms with van der Waals surface area (Å²) in [6.07, 6.45) is 0.935. The van der Waals surface area contributed by atoms with Crippen LogP contribution in [0.1, 0.15) is 57.6 Å². The van der Waals surface area contributed by atoms with Crippen molar-refractivity contribution in [2.75, 3.05) is 26.3 Å². The van der Waals surface area contributed by atoms with Gasteiger partial charge in [0.1, 0.15) is 24.4 Å². The third kappa shape index (κ3) is 4.32. The number of carbonyl (C=O) groups is 3. The van der Waals surface area contributed by atoms with Crippen molar-refractivity contribution in [3.8, 4) is 34.8 Å². The fourth-order valence-electron chi connectivity index (χ4n) is 7.77. The maximum absolute atomic E-state index is 13.2. The van der Waals surface area contributed by atoms with Crippen molar-refractivity contribution in [3.05, 3.63) is 39.4 Å². The molecule has 0 spiro atoms. The highest BCUT2D eigenvalue weighted by Gasteiger charge is 2.59. The quantitative estimate of drug-likeness (QED) is 0.253. The van der Waals surface area contributed by atoms with Gasteiger partial charge in [0.2, 0.25) is 13.2 Å². The lowest BCUT2D eigenvalue weighted by Gasteiger charge is -2.59. The number of fused-ring (bicyclic) bond motifs is 9. The molecule has 0 radical (unpaired) electrons. The molecule has 7 atom stereocenters. The Balaban J connectivity index is 1.53. The lowest BCUT2D eigenvalue weighted by Crippen LogP contribution is -2.69. The molecule has 236 valence electrons. The number of benzene rings is 2. The van der Waals surface area contributed by atoms with Crippen LogP contribution < -0.4 is 29.6 Å². The molecule has 45 heavy (non-hydrogen) atoms. The van der Waals surface area contributed by atoms with Crippen LogP contribution in [0, 0.1) is 25.2 Å². The zero-order valence-corrected chi connectivity index (χ0v) is 25.9. The molecule has 1 unspecified atom stereocenters. The summed E-state index contributed by atoms with van der Waals surface area (Å²) in [5, 5.41) is 28.1. The summed E-state index contributed by atoms with van der Waals surface area (Å²) < 4.78 is 29.3. The predicted octanol–water partition coefficient (Wildman–Crippen LogP) is 2.00. The standard InChI is InChI=1S/C31H32N4O9S/c1-12-5-15-6-16-18(7-32)35-19-8-41-31(39)17(33-10-36)9-45-30(24(35)23(34-16)20(15)25(38)26(12)40-4)22-21(19)29-28(42-11-43-29)13(2)27(22)44-14(3)37/h5,10,16-19,23-24,30,34,38H,6,8-9,11H2,1-4H3,(H,33,36)/t16-,17-,18-,19-,23+,24?,30+/m0/s1. The Bertz CT molecular complexity index is 1680. The van der Waals surface area contributed by atoms with E-state index in [0.29, 0.717) is 58.1 Å². The van der Waals surface area contributed by atoms with E-state index < -0.39 is 47.4 Å². The Morgan fingerprint density at radius 1 is 1.22 bits per heavy atom. The predicted molar refractivity (Wildman–Crippen MR) is 158 cm³/mol. The smallest absolute Gasteiger partial charge is 0.329 e. The number of nitrogens with one attached hydrogen (secondary N) is 2. The molecule has 2 aromatic rings. The number of piperazine rings is 1. The first-order chi connectivity index (χ1) is 21.7. The number of aryl methyl sites for hydroxylation is 1. The number of phenols is 1.